The summed E-state index contributed by atoms with van der Waals surface area (Å²) < 4.78 is 0. The zero-order valence-electron chi connectivity index (χ0n) is 11.0. The third kappa shape index (κ3) is 5.64. The van der Waals surface area contributed by atoms with Crippen LogP contribution in [0.2, 0.25) is 0 Å². The Hall–Kier alpha value is -2.41. The summed E-state index contributed by atoms with van der Waals surface area (Å²) in [4.78, 5) is 12.7. The highest BCUT2D eigenvalue weighted by atomic mass is 15.2. The Balaban J connectivity index is 2.72. The molecular weight excluding hydrogens is 242 g/mol. The van der Waals surface area contributed by atoms with Crippen molar-refractivity contribution in [2.24, 2.45) is 0 Å². The number of hydrogen-bond donors (Lipinski definition) is 2. The van der Waals surface area contributed by atoms with Gasteiger partial charge in [0.05, 0.1) is 25.0 Å². The predicted octanol–water partition coefficient (Wildman–Crippen LogP) is 1.48. The van der Waals surface area contributed by atoms with Crippen LogP contribution in [0, 0.1) is 22.7 Å². The van der Waals surface area contributed by atoms with E-state index >= 15 is 0 Å². The first-order valence-electron chi connectivity index (χ1n) is 6.26. The Morgan fingerprint density at radius 3 is 1.89 bits per heavy atom. The summed E-state index contributed by atoms with van der Waals surface area (Å²) in [7, 11) is 0. The largest absolute Gasteiger partial charge is 0.353 e. The van der Waals surface area contributed by atoms with Crippen LogP contribution in [-0.4, -0.2) is 28.0 Å². The Kier molecular flexibility index (Phi) is 6.67. The van der Waals surface area contributed by atoms with Gasteiger partial charge in [-0.15, -0.1) is 0 Å². The zero-order chi connectivity index (χ0) is 13.9. The normalized spacial score (nSPS) is 9.42. The molecule has 1 heterocycles. The summed E-state index contributed by atoms with van der Waals surface area (Å²) >= 11 is 0. The molecule has 100 valence electrons. The van der Waals surface area contributed by atoms with Crippen LogP contribution in [-0.2, 0) is 6.42 Å². The minimum Gasteiger partial charge on any atom is -0.353 e. The van der Waals surface area contributed by atoms with E-state index in [0.717, 1.165) is 12.8 Å². The van der Waals surface area contributed by atoms with Crippen molar-refractivity contribution >= 4 is 11.9 Å². The maximum atomic E-state index is 8.49. The van der Waals surface area contributed by atoms with Crippen molar-refractivity contribution in [3.8, 4) is 12.1 Å². The molecule has 0 saturated carbocycles. The van der Waals surface area contributed by atoms with Gasteiger partial charge in [0.25, 0.3) is 0 Å². The second-order valence-electron chi connectivity index (χ2n) is 3.82. The molecule has 1 aromatic rings. The quantitative estimate of drug-likeness (QED) is 0.680. The Bertz CT molecular complexity index is 434. The predicted molar refractivity (Wildman–Crippen MR) is 71.3 cm³/mol. The lowest BCUT2D eigenvalue weighted by atomic mass is 10.3. The summed E-state index contributed by atoms with van der Waals surface area (Å²) in [6, 6.07) is 4.10. The van der Waals surface area contributed by atoms with E-state index in [0.29, 0.717) is 43.7 Å². The molecule has 1 rings (SSSR count). The third-order valence-corrected chi connectivity index (χ3v) is 2.20. The number of aromatic nitrogens is 3. The molecule has 0 spiro atoms. The van der Waals surface area contributed by atoms with Crippen LogP contribution in [0.5, 0.6) is 0 Å². The molecule has 19 heavy (non-hydrogen) atoms. The number of nitrogens with zero attached hydrogens (tertiary/aromatic N) is 5. The molecule has 0 atom stereocenters. The molecule has 2 N–H and O–H groups in total. The van der Waals surface area contributed by atoms with Gasteiger partial charge in [-0.25, -0.2) is 0 Å². The van der Waals surface area contributed by atoms with Gasteiger partial charge in [-0.3, -0.25) is 0 Å². The highest BCUT2D eigenvalue weighted by molar-refractivity contribution is 5.34. The fourth-order valence-electron chi connectivity index (χ4n) is 1.37. The van der Waals surface area contributed by atoms with E-state index in [1.54, 1.807) is 0 Å². The molecule has 0 saturated heterocycles. The molecule has 0 amide bonds. The summed E-state index contributed by atoms with van der Waals surface area (Å²) in [5.41, 5.74) is 0. The molecule has 0 unspecified atom stereocenters. The average molecular weight is 259 g/mol. The molecule has 0 aromatic carbocycles. The molecule has 7 heteroatoms. The molecule has 0 aliphatic carbocycles. The van der Waals surface area contributed by atoms with Gasteiger partial charge in [0.1, 0.15) is 5.82 Å². The smallest absolute Gasteiger partial charge is 0.227 e. The molecule has 0 aliphatic rings. The van der Waals surface area contributed by atoms with Crippen molar-refractivity contribution in [3.05, 3.63) is 5.82 Å². The summed E-state index contributed by atoms with van der Waals surface area (Å²) in [6.07, 6.45) is 2.50. The van der Waals surface area contributed by atoms with Gasteiger partial charge < -0.3 is 10.6 Å². The summed E-state index contributed by atoms with van der Waals surface area (Å²) in [5.74, 6) is 1.64. The summed E-state index contributed by atoms with van der Waals surface area (Å²) in [6.45, 7) is 3.06. The lowest BCUT2D eigenvalue weighted by Gasteiger charge is -2.08. The second-order valence-corrected chi connectivity index (χ2v) is 3.82. The van der Waals surface area contributed by atoms with Crippen LogP contribution in [0.1, 0.15) is 32.0 Å². The third-order valence-electron chi connectivity index (χ3n) is 2.20. The maximum absolute atomic E-state index is 8.49. The van der Waals surface area contributed by atoms with E-state index in [9.17, 15) is 0 Å². The molecule has 0 fully saturated rings. The van der Waals surface area contributed by atoms with Crippen LogP contribution in [0.4, 0.5) is 11.9 Å². The van der Waals surface area contributed by atoms with Crippen LogP contribution in [0.25, 0.3) is 0 Å². The number of hydrogen-bond acceptors (Lipinski definition) is 7. The summed E-state index contributed by atoms with van der Waals surface area (Å²) in [5, 5.41) is 23.0. The Labute approximate surface area is 112 Å². The molecule has 1 aromatic heterocycles. The molecule has 0 aliphatic heterocycles. The first-order valence-corrected chi connectivity index (χ1v) is 6.26. The topological polar surface area (TPSA) is 110 Å². The van der Waals surface area contributed by atoms with E-state index in [4.69, 9.17) is 10.5 Å². The number of nitrogens with one attached hydrogen (secondary N) is 2. The fourth-order valence-corrected chi connectivity index (χ4v) is 1.37. The molecule has 0 radical (unpaired) electrons. The van der Waals surface area contributed by atoms with Crippen molar-refractivity contribution in [2.45, 2.75) is 32.6 Å². The van der Waals surface area contributed by atoms with E-state index in [1.165, 1.54) is 0 Å². The first kappa shape index (κ1) is 14.7. The number of rotatable bonds is 8. The van der Waals surface area contributed by atoms with Gasteiger partial charge in [-0.05, 0) is 6.42 Å². The first-order chi connectivity index (χ1) is 9.30. The van der Waals surface area contributed by atoms with Crippen LogP contribution in [0.15, 0.2) is 0 Å². The van der Waals surface area contributed by atoms with Crippen molar-refractivity contribution in [1.82, 2.24) is 15.0 Å². The van der Waals surface area contributed by atoms with Crippen LogP contribution in [0.3, 0.4) is 0 Å². The Morgan fingerprint density at radius 2 is 1.47 bits per heavy atom. The van der Waals surface area contributed by atoms with Crippen molar-refractivity contribution in [2.75, 3.05) is 23.7 Å². The van der Waals surface area contributed by atoms with Gasteiger partial charge in [-0.1, -0.05) is 6.92 Å². The lowest BCUT2D eigenvalue weighted by molar-refractivity contribution is 0.814. The number of nitriles is 2. The molecular formula is C12H17N7. The SMILES string of the molecule is CCCc1nc(NCCC#N)nc(NCCC#N)n1. The van der Waals surface area contributed by atoms with E-state index in [1.807, 2.05) is 12.1 Å². The Morgan fingerprint density at radius 1 is 0.947 bits per heavy atom. The van der Waals surface area contributed by atoms with E-state index in [2.05, 4.69) is 32.5 Å². The van der Waals surface area contributed by atoms with Gasteiger partial charge in [0.15, 0.2) is 0 Å². The minimum absolute atomic E-state index is 0.395. The lowest BCUT2D eigenvalue weighted by Crippen LogP contribution is -2.12. The van der Waals surface area contributed by atoms with Gasteiger partial charge in [0.2, 0.25) is 11.9 Å². The van der Waals surface area contributed by atoms with Gasteiger partial charge in [-0.2, -0.15) is 25.5 Å². The molecule has 7 nitrogen and oxygen atoms in total. The average Bonchev–Trinajstić information content (AvgIpc) is 2.40. The van der Waals surface area contributed by atoms with E-state index < -0.39 is 0 Å². The number of anilines is 2. The van der Waals surface area contributed by atoms with Gasteiger partial charge in [0, 0.05) is 19.5 Å². The monoisotopic (exact) mass is 259 g/mol. The van der Waals surface area contributed by atoms with Crippen LogP contribution >= 0.6 is 0 Å². The second kappa shape index (κ2) is 8.65. The zero-order valence-corrected chi connectivity index (χ0v) is 11.0. The van der Waals surface area contributed by atoms with Crippen molar-refractivity contribution in [1.29, 1.82) is 10.5 Å². The van der Waals surface area contributed by atoms with Crippen molar-refractivity contribution < 1.29 is 0 Å². The fraction of sp³-hybridized carbons (Fsp3) is 0.583. The standard InChI is InChI=1S/C12H17N7/c1-2-5-10-17-11(15-8-3-6-13)19-12(18-10)16-9-4-7-14/h2-5,8-9H2,1H3,(H2,15,16,17,18,19). The highest BCUT2D eigenvalue weighted by Gasteiger charge is 2.05. The van der Waals surface area contributed by atoms with Gasteiger partial charge >= 0.3 is 0 Å². The maximum Gasteiger partial charge on any atom is 0.227 e. The van der Waals surface area contributed by atoms with Crippen molar-refractivity contribution in [3.63, 3.8) is 0 Å². The van der Waals surface area contributed by atoms with E-state index in [-0.39, 0.29) is 0 Å². The minimum atomic E-state index is 0.395. The highest BCUT2D eigenvalue weighted by Crippen LogP contribution is 2.07. The van der Waals surface area contributed by atoms with Crippen LogP contribution < -0.4 is 10.6 Å². The molecule has 0 bridgehead atoms. The number of aryl methyl sites for hydroxylation is 1.